The van der Waals surface area contributed by atoms with Gasteiger partial charge in [-0.25, -0.2) is 0 Å². The molecule has 1 fully saturated rings. The number of hydrogen-bond donors (Lipinski definition) is 2. The second kappa shape index (κ2) is 8.88. The van der Waals surface area contributed by atoms with Crippen molar-refractivity contribution in [2.24, 2.45) is 4.99 Å². The van der Waals surface area contributed by atoms with Crippen LogP contribution in [0.3, 0.4) is 0 Å². The molecular formula is C20H31N5O2. The molecule has 1 aliphatic rings. The highest BCUT2D eigenvalue weighted by Gasteiger charge is 2.40. The van der Waals surface area contributed by atoms with Crippen LogP contribution in [0.15, 0.2) is 35.3 Å². The van der Waals surface area contributed by atoms with Crippen LogP contribution in [0.1, 0.15) is 38.1 Å². The fraction of sp³-hybridized carbons (Fsp3) is 0.550. The number of hydrogen-bond acceptors (Lipinski definition) is 3. The number of nitrogens with zero attached hydrogens (tertiary/aromatic N) is 3. The summed E-state index contributed by atoms with van der Waals surface area (Å²) in [5, 5.41) is 6.12. The van der Waals surface area contributed by atoms with E-state index in [2.05, 4.69) is 29.5 Å². The van der Waals surface area contributed by atoms with Gasteiger partial charge >= 0.3 is 0 Å². The van der Waals surface area contributed by atoms with Crippen LogP contribution in [0.25, 0.3) is 0 Å². The summed E-state index contributed by atoms with van der Waals surface area (Å²) >= 11 is 0. The predicted octanol–water partition coefficient (Wildman–Crippen LogP) is 1.32. The maximum absolute atomic E-state index is 12.6. The minimum absolute atomic E-state index is 0.0987. The van der Waals surface area contributed by atoms with Gasteiger partial charge in [-0.3, -0.25) is 14.6 Å². The molecule has 0 aromatic heterocycles. The van der Waals surface area contributed by atoms with Crippen molar-refractivity contribution in [2.75, 3.05) is 33.2 Å². The van der Waals surface area contributed by atoms with E-state index < -0.39 is 0 Å². The minimum Gasteiger partial charge on any atom is -0.354 e. The van der Waals surface area contributed by atoms with Crippen LogP contribution in [0, 0.1) is 0 Å². The molecule has 7 heteroatoms. The lowest BCUT2D eigenvalue weighted by molar-refractivity contribution is -0.145. The standard InChI is InChI=1S/C20H31N5O2/c1-15(2)25-17(26)13-24(14-20(25,3)4)19(21-5)23-12-11-22-18(27)16-9-7-6-8-10-16/h6-10,15H,11-14H2,1-5H3,(H,21,23)(H,22,27). The molecule has 148 valence electrons. The smallest absolute Gasteiger partial charge is 0.251 e. The summed E-state index contributed by atoms with van der Waals surface area (Å²) < 4.78 is 0. The molecule has 1 heterocycles. The molecule has 0 saturated carbocycles. The van der Waals surface area contributed by atoms with E-state index in [1.54, 1.807) is 19.2 Å². The number of carbonyl (C=O) groups is 2. The lowest BCUT2D eigenvalue weighted by Gasteiger charge is -2.49. The van der Waals surface area contributed by atoms with Gasteiger partial charge in [0.1, 0.15) is 0 Å². The van der Waals surface area contributed by atoms with Gasteiger partial charge in [0.25, 0.3) is 5.91 Å². The number of rotatable bonds is 5. The van der Waals surface area contributed by atoms with Gasteiger partial charge in [0.15, 0.2) is 5.96 Å². The Hall–Kier alpha value is -2.57. The Bertz CT molecular complexity index is 685. The molecule has 1 aromatic carbocycles. The van der Waals surface area contributed by atoms with E-state index in [1.165, 1.54) is 0 Å². The highest BCUT2D eigenvalue weighted by atomic mass is 16.2. The van der Waals surface area contributed by atoms with Crippen LogP contribution in [0.4, 0.5) is 0 Å². The molecule has 27 heavy (non-hydrogen) atoms. The van der Waals surface area contributed by atoms with Crippen LogP contribution < -0.4 is 10.6 Å². The van der Waals surface area contributed by atoms with Crippen molar-refractivity contribution >= 4 is 17.8 Å². The molecule has 1 saturated heterocycles. The van der Waals surface area contributed by atoms with Gasteiger partial charge in [-0.15, -0.1) is 0 Å². The molecule has 0 spiro atoms. The first kappa shape index (κ1) is 20.7. The van der Waals surface area contributed by atoms with Crippen molar-refractivity contribution in [2.45, 2.75) is 39.3 Å². The lowest BCUT2D eigenvalue weighted by Crippen LogP contribution is -2.66. The Balaban J connectivity index is 1.87. The normalized spacial score (nSPS) is 17.3. The molecule has 1 aliphatic heterocycles. The van der Waals surface area contributed by atoms with Crippen molar-refractivity contribution in [3.63, 3.8) is 0 Å². The molecule has 0 unspecified atom stereocenters. The highest BCUT2D eigenvalue weighted by molar-refractivity contribution is 5.94. The summed E-state index contributed by atoms with van der Waals surface area (Å²) in [7, 11) is 1.71. The Morgan fingerprint density at radius 3 is 2.37 bits per heavy atom. The Morgan fingerprint density at radius 2 is 1.81 bits per heavy atom. The fourth-order valence-electron chi connectivity index (χ4n) is 3.69. The predicted molar refractivity (Wildman–Crippen MR) is 108 cm³/mol. The van der Waals surface area contributed by atoms with Crippen molar-refractivity contribution in [1.29, 1.82) is 0 Å². The summed E-state index contributed by atoms with van der Waals surface area (Å²) in [6.45, 7) is 10.2. The van der Waals surface area contributed by atoms with Crippen molar-refractivity contribution in [3.05, 3.63) is 35.9 Å². The third-order valence-electron chi connectivity index (χ3n) is 4.58. The number of guanidine groups is 1. The molecular weight excluding hydrogens is 342 g/mol. The molecule has 0 aliphatic carbocycles. The zero-order valence-electron chi connectivity index (χ0n) is 17.0. The number of aliphatic imine (C=N–C) groups is 1. The zero-order chi connectivity index (χ0) is 20.0. The minimum atomic E-state index is -0.275. The van der Waals surface area contributed by atoms with Crippen LogP contribution in [-0.2, 0) is 4.79 Å². The first-order valence-electron chi connectivity index (χ1n) is 9.37. The van der Waals surface area contributed by atoms with Gasteiger partial charge in [0.05, 0.1) is 12.1 Å². The maximum Gasteiger partial charge on any atom is 0.251 e. The van der Waals surface area contributed by atoms with E-state index in [1.807, 2.05) is 41.8 Å². The van der Waals surface area contributed by atoms with E-state index >= 15 is 0 Å². The van der Waals surface area contributed by atoms with Gasteiger partial charge < -0.3 is 20.4 Å². The third kappa shape index (κ3) is 5.21. The SMILES string of the molecule is CN=C(NCCNC(=O)c1ccccc1)N1CC(=O)N(C(C)C)C(C)(C)C1. The summed E-state index contributed by atoms with van der Waals surface area (Å²) in [6, 6.07) is 9.28. The van der Waals surface area contributed by atoms with E-state index in [0.29, 0.717) is 37.7 Å². The second-order valence-corrected chi connectivity index (χ2v) is 7.62. The summed E-state index contributed by atoms with van der Waals surface area (Å²) in [4.78, 5) is 32.9. The van der Waals surface area contributed by atoms with E-state index in [-0.39, 0.29) is 23.4 Å². The van der Waals surface area contributed by atoms with Gasteiger partial charge in [-0.1, -0.05) is 18.2 Å². The lowest BCUT2D eigenvalue weighted by atomic mass is 9.96. The van der Waals surface area contributed by atoms with Crippen LogP contribution in [-0.4, -0.2) is 72.4 Å². The maximum atomic E-state index is 12.6. The summed E-state index contributed by atoms with van der Waals surface area (Å²) in [6.07, 6.45) is 0. The molecule has 0 bridgehead atoms. The number of nitrogens with one attached hydrogen (secondary N) is 2. The number of amides is 2. The van der Waals surface area contributed by atoms with E-state index in [9.17, 15) is 9.59 Å². The highest BCUT2D eigenvalue weighted by Crippen LogP contribution is 2.24. The molecule has 0 radical (unpaired) electrons. The van der Waals surface area contributed by atoms with Crippen molar-refractivity contribution in [3.8, 4) is 0 Å². The van der Waals surface area contributed by atoms with Crippen LogP contribution in [0.5, 0.6) is 0 Å². The molecule has 0 atom stereocenters. The van der Waals surface area contributed by atoms with Gasteiger partial charge in [-0.05, 0) is 39.8 Å². The Labute approximate surface area is 161 Å². The molecule has 2 rings (SSSR count). The second-order valence-electron chi connectivity index (χ2n) is 7.62. The molecule has 7 nitrogen and oxygen atoms in total. The fourth-order valence-corrected chi connectivity index (χ4v) is 3.69. The molecule has 2 N–H and O–H groups in total. The Morgan fingerprint density at radius 1 is 1.19 bits per heavy atom. The van der Waals surface area contributed by atoms with Crippen LogP contribution >= 0.6 is 0 Å². The zero-order valence-corrected chi connectivity index (χ0v) is 17.0. The monoisotopic (exact) mass is 373 g/mol. The van der Waals surface area contributed by atoms with Crippen LogP contribution in [0.2, 0.25) is 0 Å². The van der Waals surface area contributed by atoms with Gasteiger partial charge in [0, 0.05) is 38.3 Å². The van der Waals surface area contributed by atoms with Gasteiger partial charge in [0.2, 0.25) is 5.91 Å². The summed E-state index contributed by atoms with van der Waals surface area (Å²) in [5.41, 5.74) is 0.363. The first-order valence-corrected chi connectivity index (χ1v) is 9.37. The number of benzene rings is 1. The molecule has 1 aromatic rings. The average Bonchev–Trinajstić information content (AvgIpc) is 2.60. The summed E-state index contributed by atoms with van der Waals surface area (Å²) in [5.74, 6) is 0.671. The first-order chi connectivity index (χ1) is 12.8. The van der Waals surface area contributed by atoms with Crippen molar-refractivity contribution < 1.29 is 9.59 Å². The largest absolute Gasteiger partial charge is 0.354 e. The average molecular weight is 374 g/mol. The quantitative estimate of drug-likeness (QED) is 0.464. The van der Waals surface area contributed by atoms with E-state index in [0.717, 1.165) is 0 Å². The third-order valence-corrected chi connectivity index (χ3v) is 4.58. The number of piperazine rings is 1. The van der Waals surface area contributed by atoms with Gasteiger partial charge in [-0.2, -0.15) is 0 Å². The van der Waals surface area contributed by atoms with Crippen molar-refractivity contribution in [1.82, 2.24) is 20.4 Å². The number of carbonyl (C=O) groups excluding carboxylic acids is 2. The van der Waals surface area contributed by atoms with E-state index in [4.69, 9.17) is 0 Å². The molecule has 2 amide bonds. The topological polar surface area (TPSA) is 77.0 Å². The Kier molecular flexibility index (Phi) is 6.82.